The van der Waals surface area contributed by atoms with Crippen LogP contribution in [-0.2, 0) is 25.6 Å². The molecule has 0 radical (unpaired) electrons. The van der Waals surface area contributed by atoms with Crippen LogP contribution in [0.1, 0.15) is 5.56 Å². The molecule has 2 rings (SSSR count). The lowest BCUT2D eigenvalue weighted by Gasteiger charge is -2.32. The van der Waals surface area contributed by atoms with Gasteiger partial charge in [0.1, 0.15) is 6.04 Å². The van der Waals surface area contributed by atoms with Crippen LogP contribution in [0.3, 0.4) is 0 Å². The van der Waals surface area contributed by atoms with Gasteiger partial charge in [0.05, 0.1) is 26.9 Å². The number of rotatable bonds is 5. The van der Waals surface area contributed by atoms with Gasteiger partial charge in [0.2, 0.25) is 5.91 Å². The van der Waals surface area contributed by atoms with E-state index in [1.165, 1.54) is 7.11 Å². The molecule has 1 fully saturated rings. The van der Waals surface area contributed by atoms with Crippen molar-refractivity contribution in [2.75, 3.05) is 33.4 Å². The van der Waals surface area contributed by atoms with Crippen molar-refractivity contribution in [1.82, 2.24) is 10.2 Å². The molecule has 1 aliphatic heterocycles. The number of hydrogen-bond acceptors (Lipinski definition) is 5. The minimum atomic E-state index is -0.508. The summed E-state index contributed by atoms with van der Waals surface area (Å²) in [6.45, 7) is 1.96. The summed E-state index contributed by atoms with van der Waals surface area (Å²) in [5.41, 5.74) is 1.04. The topological polar surface area (TPSA) is 67.9 Å². The third-order valence-electron chi connectivity index (χ3n) is 3.39. The van der Waals surface area contributed by atoms with Crippen LogP contribution in [0, 0.1) is 0 Å². The largest absolute Gasteiger partial charge is 0.468 e. The molecule has 21 heavy (non-hydrogen) atoms. The van der Waals surface area contributed by atoms with Gasteiger partial charge in [-0.3, -0.25) is 14.5 Å². The molecular weight excluding hydrogens is 272 g/mol. The van der Waals surface area contributed by atoms with Gasteiger partial charge in [-0.25, -0.2) is 0 Å². The lowest BCUT2D eigenvalue weighted by Crippen LogP contribution is -2.53. The van der Waals surface area contributed by atoms with Gasteiger partial charge in [0.25, 0.3) is 0 Å². The Hall–Kier alpha value is -1.92. The predicted octanol–water partition coefficient (Wildman–Crippen LogP) is 0.177. The van der Waals surface area contributed by atoms with E-state index in [4.69, 9.17) is 9.47 Å². The molecule has 0 saturated carbocycles. The smallest absolute Gasteiger partial charge is 0.325 e. The van der Waals surface area contributed by atoms with E-state index in [9.17, 15) is 9.59 Å². The zero-order valence-electron chi connectivity index (χ0n) is 12.1. The molecule has 6 nitrogen and oxygen atoms in total. The minimum absolute atomic E-state index is 0.116. The highest BCUT2D eigenvalue weighted by Crippen LogP contribution is 2.08. The van der Waals surface area contributed by atoms with Gasteiger partial charge in [0, 0.05) is 13.1 Å². The van der Waals surface area contributed by atoms with Crippen LogP contribution in [0.2, 0.25) is 0 Å². The number of morpholine rings is 1. The first kappa shape index (κ1) is 15.5. The second kappa shape index (κ2) is 7.75. The predicted molar refractivity (Wildman–Crippen MR) is 76.5 cm³/mol. The van der Waals surface area contributed by atoms with Crippen molar-refractivity contribution in [2.45, 2.75) is 12.6 Å². The van der Waals surface area contributed by atoms with Gasteiger partial charge in [0.15, 0.2) is 0 Å². The Labute approximate surface area is 124 Å². The third kappa shape index (κ3) is 4.54. The average molecular weight is 292 g/mol. The molecule has 1 aromatic rings. The van der Waals surface area contributed by atoms with Gasteiger partial charge in [-0.15, -0.1) is 0 Å². The maximum absolute atomic E-state index is 12.0. The standard InChI is InChI=1S/C15H20N2O4/c1-20-15(19)13-11-21-8-7-17(13)10-14(18)16-9-12-5-3-2-4-6-12/h2-6,13H,7-11H2,1H3,(H,16,18). The number of esters is 1. The number of hydrogen-bond donors (Lipinski definition) is 1. The number of carbonyl (C=O) groups is 2. The normalized spacial score (nSPS) is 19.0. The van der Waals surface area contributed by atoms with E-state index in [-0.39, 0.29) is 25.0 Å². The molecule has 1 amide bonds. The van der Waals surface area contributed by atoms with E-state index in [1.54, 1.807) is 4.90 Å². The Morgan fingerprint density at radius 2 is 2.14 bits per heavy atom. The van der Waals surface area contributed by atoms with Gasteiger partial charge >= 0.3 is 5.97 Å². The van der Waals surface area contributed by atoms with Crippen LogP contribution in [-0.4, -0.2) is 56.2 Å². The van der Waals surface area contributed by atoms with Crippen molar-refractivity contribution in [3.63, 3.8) is 0 Å². The molecule has 0 aromatic heterocycles. The van der Waals surface area contributed by atoms with Gasteiger partial charge in [-0.2, -0.15) is 0 Å². The third-order valence-corrected chi connectivity index (χ3v) is 3.39. The summed E-state index contributed by atoms with van der Waals surface area (Å²) in [5, 5.41) is 2.85. The van der Waals surface area contributed by atoms with Crippen molar-refractivity contribution in [3.05, 3.63) is 35.9 Å². The summed E-state index contributed by atoms with van der Waals surface area (Å²) in [4.78, 5) is 25.4. The highest BCUT2D eigenvalue weighted by molar-refractivity contribution is 5.80. The molecule has 1 unspecified atom stereocenters. The van der Waals surface area contributed by atoms with Crippen molar-refractivity contribution < 1.29 is 19.1 Å². The maximum atomic E-state index is 12.0. The van der Waals surface area contributed by atoms with E-state index in [2.05, 4.69) is 5.32 Å². The summed E-state index contributed by atoms with van der Waals surface area (Å²) in [5.74, 6) is -0.486. The molecule has 1 aliphatic rings. The van der Waals surface area contributed by atoms with E-state index in [0.29, 0.717) is 19.7 Å². The minimum Gasteiger partial charge on any atom is -0.468 e. The first-order chi connectivity index (χ1) is 10.2. The zero-order valence-corrected chi connectivity index (χ0v) is 12.1. The zero-order chi connectivity index (χ0) is 15.1. The molecule has 1 heterocycles. The molecule has 1 N–H and O–H groups in total. The molecule has 1 atom stereocenters. The number of carbonyl (C=O) groups excluding carboxylic acids is 2. The highest BCUT2D eigenvalue weighted by atomic mass is 16.5. The van der Waals surface area contributed by atoms with Crippen molar-refractivity contribution >= 4 is 11.9 Å². The molecule has 114 valence electrons. The Kier molecular flexibility index (Phi) is 5.71. The Balaban J connectivity index is 1.84. The molecule has 6 heteroatoms. The van der Waals surface area contributed by atoms with Gasteiger partial charge < -0.3 is 14.8 Å². The van der Waals surface area contributed by atoms with Crippen molar-refractivity contribution in [1.29, 1.82) is 0 Å². The van der Waals surface area contributed by atoms with E-state index in [0.717, 1.165) is 5.56 Å². The Morgan fingerprint density at radius 3 is 2.86 bits per heavy atom. The lowest BCUT2D eigenvalue weighted by atomic mass is 10.2. The fourth-order valence-corrected chi connectivity index (χ4v) is 2.22. The quantitative estimate of drug-likeness (QED) is 0.784. The molecular formula is C15H20N2O4. The second-order valence-electron chi connectivity index (χ2n) is 4.85. The molecule has 0 aliphatic carbocycles. The summed E-state index contributed by atoms with van der Waals surface area (Å²) in [7, 11) is 1.34. The Morgan fingerprint density at radius 1 is 1.38 bits per heavy atom. The fourth-order valence-electron chi connectivity index (χ4n) is 2.22. The Bertz CT molecular complexity index is 478. The number of benzene rings is 1. The average Bonchev–Trinajstić information content (AvgIpc) is 2.54. The van der Waals surface area contributed by atoms with Crippen LogP contribution in [0.15, 0.2) is 30.3 Å². The summed E-state index contributed by atoms with van der Waals surface area (Å²) >= 11 is 0. The van der Waals surface area contributed by atoms with Crippen LogP contribution in [0.25, 0.3) is 0 Å². The number of ether oxygens (including phenoxy) is 2. The van der Waals surface area contributed by atoms with E-state index >= 15 is 0 Å². The fraction of sp³-hybridized carbons (Fsp3) is 0.467. The maximum Gasteiger partial charge on any atom is 0.325 e. The first-order valence-corrected chi connectivity index (χ1v) is 6.91. The van der Waals surface area contributed by atoms with E-state index in [1.807, 2.05) is 30.3 Å². The number of nitrogens with zero attached hydrogens (tertiary/aromatic N) is 1. The van der Waals surface area contributed by atoms with Crippen molar-refractivity contribution in [3.8, 4) is 0 Å². The van der Waals surface area contributed by atoms with Crippen molar-refractivity contribution in [2.24, 2.45) is 0 Å². The summed E-state index contributed by atoms with van der Waals surface area (Å²) < 4.78 is 10.0. The van der Waals surface area contributed by atoms with E-state index < -0.39 is 6.04 Å². The van der Waals surface area contributed by atoms with Crippen LogP contribution in [0.4, 0.5) is 0 Å². The molecule has 1 saturated heterocycles. The SMILES string of the molecule is COC(=O)C1COCCN1CC(=O)NCc1ccccc1. The second-order valence-corrected chi connectivity index (χ2v) is 4.85. The number of nitrogens with one attached hydrogen (secondary N) is 1. The summed E-state index contributed by atoms with van der Waals surface area (Å²) in [6, 6.07) is 9.18. The van der Waals surface area contributed by atoms with Gasteiger partial charge in [-0.1, -0.05) is 30.3 Å². The molecule has 1 aromatic carbocycles. The van der Waals surface area contributed by atoms with Crippen LogP contribution in [0.5, 0.6) is 0 Å². The first-order valence-electron chi connectivity index (χ1n) is 6.91. The summed E-state index contributed by atoms with van der Waals surface area (Å²) in [6.07, 6.45) is 0. The highest BCUT2D eigenvalue weighted by Gasteiger charge is 2.31. The lowest BCUT2D eigenvalue weighted by molar-refractivity contribution is -0.154. The van der Waals surface area contributed by atoms with Crippen LogP contribution < -0.4 is 5.32 Å². The monoisotopic (exact) mass is 292 g/mol. The van der Waals surface area contributed by atoms with Gasteiger partial charge in [-0.05, 0) is 5.56 Å². The molecule has 0 spiro atoms. The number of amides is 1. The molecule has 0 bridgehead atoms. The number of methoxy groups -OCH3 is 1. The van der Waals surface area contributed by atoms with Crippen LogP contribution >= 0.6 is 0 Å².